The van der Waals surface area contributed by atoms with Crippen LogP contribution >= 0.6 is 11.3 Å². The molecule has 0 radical (unpaired) electrons. The summed E-state index contributed by atoms with van der Waals surface area (Å²) in [6.07, 6.45) is 6.19. The van der Waals surface area contributed by atoms with Crippen molar-refractivity contribution in [2.75, 3.05) is 18.5 Å². The first-order valence-electron chi connectivity index (χ1n) is 8.57. The van der Waals surface area contributed by atoms with Crippen molar-refractivity contribution in [3.8, 4) is 5.75 Å². The second kappa shape index (κ2) is 7.76. The maximum Gasteiger partial charge on any atom is 0.319 e. The molecule has 3 heterocycles. The molecule has 4 rings (SSSR count). The Morgan fingerprint density at radius 1 is 1.38 bits per heavy atom. The molecule has 0 bridgehead atoms. The van der Waals surface area contributed by atoms with E-state index >= 15 is 0 Å². The van der Waals surface area contributed by atoms with Gasteiger partial charge in [-0.1, -0.05) is 0 Å². The molecule has 2 aromatic heterocycles. The van der Waals surface area contributed by atoms with Crippen LogP contribution in [0.1, 0.15) is 18.5 Å². The molecule has 1 aromatic carbocycles. The van der Waals surface area contributed by atoms with E-state index in [-0.39, 0.29) is 12.1 Å². The van der Waals surface area contributed by atoms with Crippen LogP contribution in [0.2, 0.25) is 0 Å². The van der Waals surface area contributed by atoms with Gasteiger partial charge in [-0.05, 0) is 37.1 Å². The highest BCUT2D eigenvalue weighted by Gasteiger charge is 2.15. The first kappa shape index (κ1) is 16.9. The Labute approximate surface area is 155 Å². The minimum absolute atomic E-state index is 0.191. The van der Waals surface area contributed by atoms with Crippen molar-refractivity contribution in [2.24, 2.45) is 0 Å². The van der Waals surface area contributed by atoms with E-state index < -0.39 is 0 Å². The van der Waals surface area contributed by atoms with E-state index in [1.54, 1.807) is 11.3 Å². The number of urea groups is 1. The Bertz CT molecular complexity index is 840. The monoisotopic (exact) mass is 372 g/mol. The third-order valence-corrected chi connectivity index (χ3v) is 4.92. The van der Waals surface area contributed by atoms with Gasteiger partial charge >= 0.3 is 6.03 Å². The zero-order chi connectivity index (χ0) is 17.8. The fraction of sp³-hybridized carbons (Fsp3) is 0.333. The van der Waals surface area contributed by atoms with Gasteiger partial charge in [0, 0.05) is 30.1 Å². The van der Waals surface area contributed by atoms with Crippen molar-refractivity contribution >= 4 is 28.0 Å². The standard InChI is InChI=1S/C18H20N4O3S/c23-17(19-10-14-11-22-7-9-26-18(22)21-14)20-13-3-5-15(6-4-13)25-12-16-2-1-8-24-16/h3-7,9,11,16H,1-2,8,10,12H2,(H2,19,20,23)/t16-/m1/s1. The normalized spacial score (nSPS) is 16.7. The average Bonchev–Trinajstić information content (AvgIpc) is 3.37. The van der Waals surface area contributed by atoms with E-state index in [2.05, 4.69) is 15.6 Å². The highest BCUT2D eigenvalue weighted by molar-refractivity contribution is 7.15. The SMILES string of the molecule is O=C(NCc1cn2ccsc2n1)Nc1ccc(OC[C@H]2CCCO2)cc1. The Balaban J connectivity index is 1.23. The molecule has 2 N–H and O–H groups in total. The van der Waals surface area contributed by atoms with Gasteiger partial charge in [0.2, 0.25) is 0 Å². The molecule has 2 amide bonds. The molecule has 0 spiro atoms. The topological polar surface area (TPSA) is 76.9 Å². The summed E-state index contributed by atoms with van der Waals surface area (Å²) in [6, 6.07) is 7.05. The molecule has 0 unspecified atom stereocenters. The lowest BCUT2D eigenvalue weighted by molar-refractivity contribution is 0.0679. The fourth-order valence-electron chi connectivity index (χ4n) is 2.81. The van der Waals surface area contributed by atoms with Crippen LogP contribution in [-0.2, 0) is 11.3 Å². The van der Waals surface area contributed by atoms with Crippen molar-refractivity contribution in [3.63, 3.8) is 0 Å². The number of imidazole rings is 1. The molecule has 26 heavy (non-hydrogen) atoms. The molecule has 3 aromatic rings. The number of amides is 2. The van der Waals surface area contributed by atoms with Crippen molar-refractivity contribution in [3.05, 3.63) is 47.7 Å². The van der Waals surface area contributed by atoms with Crippen LogP contribution < -0.4 is 15.4 Å². The Hall–Kier alpha value is -2.58. The molecule has 1 atom stereocenters. The van der Waals surface area contributed by atoms with Gasteiger partial charge in [0.05, 0.1) is 18.3 Å². The Kier molecular flexibility index (Phi) is 5.03. The number of carbonyl (C=O) groups is 1. The van der Waals surface area contributed by atoms with E-state index in [1.165, 1.54) is 0 Å². The molecule has 1 aliphatic rings. The average molecular weight is 372 g/mol. The predicted molar refractivity (Wildman–Crippen MR) is 99.8 cm³/mol. The first-order valence-corrected chi connectivity index (χ1v) is 9.44. The van der Waals surface area contributed by atoms with Gasteiger partial charge in [-0.25, -0.2) is 9.78 Å². The van der Waals surface area contributed by atoms with Gasteiger partial charge in [-0.2, -0.15) is 0 Å². The molecular weight excluding hydrogens is 352 g/mol. The summed E-state index contributed by atoms with van der Waals surface area (Å²) in [5.74, 6) is 0.768. The van der Waals surface area contributed by atoms with E-state index in [4.69, 9.17) is 9.47 Å². The first-order chi connectivity index (χ1) is 12.8. The minimum atomic E-state index is -0.269. The van der Waals surface area contributed by atoms with Gasteiger partial charge in [0.15, 0.2) is 4.96 Å². The molecule has 1 saturated heterocycles. The number of aromatic nitrogens is 2. The van der Waals surface area contributed by atoms with E-state index in [0.717, 1.165) is 35.9 Å². The second-order valence-corrected chi connectivity index (χ2v) is 6.98. The minimum Gasteiger partial charge on any atom is -0.491 e. The van der Waals surface area contributed by atoms with Gasteiger partial charge < -0.3 is 20.1 Å². The van der Waals surface area contributed by atoms with Crippen LogP contribution in [0.25, 0.3) is 4.96 Å². The van der Waals surface area contributed by atoms with Crippen molar-refractivity contribution in [1.29, 1.82) is 0 Å². The number of fused-ring (bicyclic) bond motifs is 1. The number of rotatable bonds is 6. The number of hydrogen-bond donors (Lipinski definition) is 2. The maximum atomic E-state index is 12.0. The van der Waals surface area contributed by atoms with Gasteiger partial charge in [0.25, 0.3) is 0 Å². The largest absolute Gasteiger partial charge is 0.491 e. The lowest BCUT2D eigenvalue weighted by Gasteiger charge is -2.12. The summed E-state index contributed by atoms with van der Waals surface area (Å²) in [5.41, 5.74) is 1.53. The number of anilines is 1. The van der Waals surface area contributed by atoms with Crippen molar-refractivity contribution in [2.45, 2.75) is 25.5 Å². The number of nitrogens with zero attached hydrogens (tertiary/aromatic N) is 2. The molecular formula is C18H20N4O3S. The zero-order valence-electron chi connectivity index (χ0n) is 14.2. The molecule has 0 aliphatic carbocycles. The van der Waals surface area contributed by atoms with Gasteiger partial charge in [-0.3, -0.25) is 4.40 Å². The molecule has 1 aliphatic heterocycles. The molecule has 1 fully saturated rings. The van der Waals surface area contributed by atoms with E-state index in [0.29, 0.717) is 18.8 Å². The smallest absolute Gasteiger partial charge is 0.319 e. The highest BCUT2D eigenvalue weighted by Crippen LogP contribution is 2.18. The van der Waals surface area contributed by atoms with Gasteiger partial charge in [0.1, 0.15) is 12.4 Å². The Morgan fingerprint density at radius 3 is 3.04 bits per heavy atom. The summed E-state index contributed by atoms with van der Waals surface area (Å²) < 4.78 is 13.2. The van der Waals surface area contributed by atoms with Crippen molar-refractivity contribution < 1.29 is 14.3 Å². The fourth-order valence-corrected chi connectivity index (χ4v) is 3.53. The molecule has 7 nitrogen and oxygen atoms in total. The number of thiazole rings is 1. The Morgan fingerprint density at radius 2 is 2.27 bits per heavy atom. The van der Waals surface area contributed by atoms with Crippen LogP contribution in [0.5, 0.6) is 5.75 Å². The predicted octanol–water partition coefficient (Wildman–Crippen LogP) is 3.28. The van der Waals surface area contributed by atoms with Crippen LogP contribution in [0.4, 0.5) is 10.5 Å². The van der Waals surface area contributed by atoms with Crippen molar-refractivity contribution in [1.82, 2.24) is 14.7 Å². The highest BCUT2D eigenvalue weighted by atomic mass is 32.1. The second-order valence-electron chi connectivity index (χ2n) is 6.10. The molecule has 136 valence electrons. The maximum absolute atomic E-state index is 12.0. The van der Waals surface area contributed by atoms with Crippen LogP contribution in [0, 0.1) is 0 Å². The molecule has 8 heteroatoms. The summed E-state index contributed by atoms with van der Waals surface area (Å²) in [6.45, 7) is 1.77. The lowest BCUT2D eigenvalue weighted by Crippen LogP contribution is -2.28. The quantitative estimate of drug-likeness (QED) is 0.696. The van der Waals surface area contributed by atoms with Crippen LogP contribution in [0.3, 0.4) is 0 Å². The number of ether oxygens (including phenoxy) is 2. The zero-order valence-corrected chi connectivity index (χ0v) is 15.0. The number of hydrogen-bond acceptors (Lipinski definition) is 5. The van der Waals surface area contributed by atoms with Crippen LogP contribution in [-0.4, -0.2) is 34.7 Å². The summed E-state index contributed by atoms with van der Waals surface area (Å²) in [4.78, 5) is 17.4. The summed E-state index contributed by atoms with van der Waals surface area (Å²) >= 11 is 1.56. The number of nitrogens with one attached hydrogen (secondary N) is 2. The number of carbonyl (C=O) groups excluding carboxylic acids is 1. The molecule has 0 saturated carbocycles. The van der Waals surface area contributed by atoms with E-state index in [9.17, 15) is 4.79 Å². The summed E-state index contributed by atoms with van der Waals surface area (Å²) in [5, 5.41) is 7.58. The summed E-state index contributed by atoms with van der Waals surface area (Å²) in [7, 11) is 0. The van der Waals surface area contributed by atoms with Crippen LogP contribution in [0.15, 0.2) is 42.0 Å². The number of benzene rings is 1. The lowest BCUT2D eigenvalue weighted by atomic mass is 10.2. The third kappa shape index (κ3) is 4.14. The van der Waals surface area contributed by atoms with E-state index in [1.807, 2.05) is 46.4 Å². The third-order valence-electron chi connectivity index (χ3n) is 4.15. The van der Waals surface area contributed by atoms with Gasteiger partial charge in [-0.15, -0.1) is 11.3 Å².